The Morgan fingerprint density at radius 3 is 2.41 bits per heavy atom. The number of hydrogen-bond acceptors (Lipinski definition) is 5. The molecule has 0 radical (unpaired) electrons. The monoisotopic (exact) mass is 498 g/mol. The van der Waals surface area contributed by atoms with Crippen LogP contribution in [0, 0.1) is 5.92 Å². The highest BCUT2D eigenvalue weighted by atomic mass is 35.5. The smallest absolute Gasteiger partial charge is 0.338 e. The highest BCUT2D eigenvalue weighted by Gasteiger charge is 2.29. The van der Waals surface area contributed by atoms with Crippen LogP contribution in [-0.2, 0) is 14.8 Å². The standard InChI is InChI=1S/C22H24Cl2N2O5S/c1-3-31-22(28)15-4-7-20(19(24)12-15)25-21(27)17-13-16(5-6-18(17)23)32(29,30)26-10-8-14(2)9-11-26/h4-7,12-14H,3,8-11H2,1-2H3,(H,25,27). The largest absolute Gasteiger partial charge is 0.462 e. The summed E-state index contributed by atoms with van der Waals surface area (Å²) in [5.74, 6) is -0.668. The molecule has 0 spiro atoms. The summed E-state index contributed by atoms with van der Waals surface area (Å²) >= 11 is 12.4. The van der Waals surface area contributed by atoms with Crippen LogP contribution < -0.4 is 5.32 Å². The number of benzene rings is 2. The van der Waals surface area contributed by atoms with Crippen molar-refractivity contribution in [1.82, 2.24) is 4.31 Å². The number of hydrogen-bond donors (Lipinski definition) is 1. The Labute approximate surface area is 197 Å². The maximum absolute atomic E-state index is 13.0. The maximum atomic E-state index is 13.0. The first-order valence-electron chi connectivity index (χ1n) is 10.2. The molecule has 10 heteroatoms. The zero-order chi connectivity index (χ0) is 23.5. The van der Waals surface area contributed by atoms with Crippen molar-refractivity contribution in [2.75, 3.05) is 25.0 Å². The van der Waals surface area contributed by atoms with Crippen molar-refractivity contribution in [2.24, 2.45) is 5.92 Å². The molecule has 2 aromatic carbocycles. The Morgan fingerprint density at radius 1 is 1.09 bits per heavy atom. The number of amides is 1. The molecular formula is C22H24Cl2N2O5S. The van der Waals surface area contributed by atoms with Crippen LogP contribution in [0.3, 0.4) is 0 Å². The maximum Gasteiger partial charge on any atom is 0.338 e. The third-order valence-electron chi connectivity index (χ3n) is 5.29. The molecule has 1 fully saturated rings. The molecule has 0 unspecified atom stereocenters. The Bertz CT molecular complexity index is 1130. The van der Waals surface area contributed by atoms with E-state index in [2.05, 4.69) is 12.2 Å². The van der Waals surface area contributed by atoms with Gasteiger partial charge >= 0.3 is 5.97 Å². The number of halogens is 2. The molecule has 0 bridgehead atoms. The van der Waals surface area contributed by atoms with Crippen molar-refractivity contribution >= 4 is 50.8 Å². The fraction of sp³-hybridized carbons (Fsp3) is 0.364. The number of sulfonamides is 1. The van der Waals surface area contributed by atoms with Crippen LogP contribution in [0.5, 0.6) is 0 Å². The second kappa shape index (κ2) is 10.2. The van der Waals surface area contributed by atoms with Gasteiger partial charge in [-0.15, -0.1) is 0 Å². The van der Waals surface area contributed by atoms with E-state index in [0.717, 1.165) is 12.8 Å². The molecule has 1 heterocycles. The lowest BCUT2D eigenvalue weighted by molar-refractivity contribution is 0.0526. The molecule has 0 aliphatic carbocycles. The van der Waals surface area contributed by atoms with E-state index in [1.54, 1.807) is 6.92 Å². The van der Waals surface area contributed by atoms with E-state index >= 15 is 0 Å². The van der Waals surface area contributed by atoms with Gasteiger partial charge in [-0.3, -0.25) is 4.79 Å². The van der Waals surface area contributed by atoms with Crippen molar-refractivity contribution in [3.8, 4) is 0 Å². The van der Waals surface area contributed by atoms with Crippen LogP contribution in [0.1, 0.15) is 47.4 Å². The summed E-state index contributed by atoms with van der Waals surface area (Å²) < 4.78 is 32.4. The summed E-state index contributed by atoms with van der Waals surface area (Å²) in [5, 5.41) is 2.85. The highest BCUT2D eigenvalue weighted by Crippen LogP contribution is 2.28. The van der Waals surface area contributed by atoms with Gasteiger partial charge in [0.05, 0.1) is 38.4 Å². The number of anilines is 1. The predicted octanol–water partition coefficient (Wildman–Crippen LogP) is 4.84. The molecule has 7 nitrogen and oxygen atoms in total. The van der Waals surface area contributed by atoms with E-state index in [9.17, 15) is 18.0 Å². The van der Waals surface area contributed by atoms with Gasteiger partial charge in [0.25, 0.3) is 5.91 Å². The van der Waals surface area contributed by atoms with Crippen molar-refractivity contribution in [2.45, 2.75) is 31.6 Å². The SMILES string of the molecule is CCOC(=O)c1ccc(NC(=O)c2cc(S(=O)(=O)N3CCC(C)CC3)ccc2Cl)c(Cl)c1. The normalized spacial score (nSPS) is 15.4. The molecule has 172 valence electrons. The summed E-state index contributed by atoms with van der Waals surface area (Å²) in [6.45, 7) is 4.90. The minimum absolute atomic E-state index is 0.00338. The molecule has 32 heavy (non-hydrogen) atoms. The number of esters is 1. The quantitative estimate of drug-likeness (QED) is 0.574. The lowest BCUT2D eigenvalue weighted by Gasteiger charge is -2.29. The van der Waals surface area contributed by atoms with E-state index in [0.29, 0.717) is 19.0 Å². The van der Waals surface area contributed by atoms with Crippen LogP contribution in [0.4, 0.5) is 5.69 Å². The molecule has 1 amide bonds. The molecule has 1 N–H and O–H groups in total. The zero-order valence-corrected chi connectivity index (χ0v) is 20.1. The summed E-state index contributed by atoms with van der Waals surface area (Å²) in [4.78, 5) is 24.7. The minimum Gasteiger partial charge on any atom is -0.462 e. The van der Waals surface area contributed by atoms with Gasteiger partial charge in [-0.1, -0.05) is 30.1 Å². The van der Waals surface area contributed by atoms with Crippen molar-refractivity contribution in [3.63, 3.8) is 0 Å². The number of carbonyl (C=O) groups excluding carboxylic acids is 2. The number of nitrogens with zero attached hydrogens (tertiary/aromatic N) is 1. The predicted molar refractivity (Wildman–Crippen MR) is 124 cm³/mol. The fourth-order valence-corrected chi connectivity index (χ4v) is 5.29. The van der Waals surface area contributed by atoms with Gasteiger partial charge in [-0.25, -0.2) is 13.2 Å². The molecule has 0 atom stereocenters. The van der Waals surface area contributed by atoms with Crippen LogP contribution >= 0.6 is 23.2 Å². The molecule has 2 aromatic rings. The lowest BCUT2D eigenvalue weighted by atomic mass is 10.0. The van der Waals surface area contributed by atoms with Crippen molar-refractivity contribution in [1.29, 1.82) is 0 Å². The van der Waals surface area contributed by atoms with Crippen LogP contribution in [0.15, 0.2) is 41.3 Å². The highest BCUT2D eigenvalue weighted by molar-refractivity contribution is 7.89. The van der Waals surface area contributed by atoms with Gasteiger partial charge in [-0.05, 0) is 62.1 Å². The Morgan fingerprint density at radius 2 is 1.78 bits per heavy atom. The molecule has 1 aliphatic heterocycles. The summed E-state index contributed by atoms with van der Waals surface area (Å²) in [5.41, 5.74) is 0.500. The Hall–Kier alpha value is -2.13. The van der Waals surface area contributed by atoms with E-state index in [1.807, 2.05) is 0 Å². The average molecular weight is 499 g/mol. The number of ether oxygens (including phenoxy) is 1. The minimum atomic E-state index is -3.74. The first-order chi connectivity index (χ1) is 15.1. The van der Waals surface area contributed by atoms with E-state index < -0.39 is 21.9 Å². The molecular weight excluding hydrogens is 475 g/mol. The second-order valence-electron chi connectivity index (χ2n) is 7.60. The van der Waals surface area contributed by atoms with Gasteiger partial charge in [0, 0.05) is 13.1 Å². The molecule has 1 saturated heterocycles. The number of carbonyl (C=O) groups is 2. The van der Waals surface area contributed by atoms with Gasteiger partial charge < -0.3 is 10.1 Å². The molecule has 3 rings (SSSR count). The van der Waals surface area contributed by atoms with Crippen molar-refractivity contribution in [3.05, 3.63) is 57.6 Å². The van der Waals surface area contributed by atoms with Crippen LogP contribution in [0.25, 0.3) is 0 Å². The van der Waals surface area contributed by atoms with E-state index in [4.69, 9.17) is 27.9 Å². The topological polar surface area (TPSA) is 92.8 Å². The number of rotatable bonds is 6. The average Bonchev–Trinajstić information content (AvgIpc) is 2.75. The van der Waals surface area contributed by atoms with Crippen LogP contribution in [-0.4, -0.2) is 44.3 Å². The summed E-state index contributed by atoms with van der Waals surface area (Å²) in [6, 6.07) is 8.38. The first kappa shape index (κ1) is 24.5. The van der Waals surface area contributed by atoms with Gasteiger partial charge in [-0.2, -0.15) is 4.31 Å². The Balaban J connectivity index is 1.82. The van der Waals surface area contributed by atoms with E-state index in [-0.39, 0.29) is 38.4 Å². The molecule has 0 saturated carbocycles. The van der Waals surface area contributed by atoms with Gasteiger partial charge in [0.2, 0.25) is 10.0 Å². The summed E-state index contributed by atoms with van der Waals surface area (Å²) in [6.07, 6.45) is 1.58. The van der Waals surface area contributed by atoms with Gasteiger partial charge in [0.15, 0.2) is 0 Å². The lowest BCUT2D eigenvalue weighted by Crippen LogP contribution is -2.37. The fourth-order valence-electron chi connectivity index (χ4n) is 3.36. The Kier molecular flexibility index (Phi) is 7.82. The first-order valence-corrected chi connectivity index (χ1v) is 12.4. The molecule has 1 aliphatic rings. The summed E-state index contributed by atoms with van der Waals surface area (Å²) in [7, 11) is -3.74. The molecule has 0 aromatic heterocycles. The van der Waals surface area contributed by atoms with Gasteiger partial charge in [0.1, 0.15) is 0 Å². The third-order valence-corrected chi connectivity index (χ3v) is 7.83. The number of nitrogens with one attached hydrogen (secondary N) is 1. The van der Waals surface area contributed by atoms with Crippen molar-refractivity contribution < 1.29 is 22.7 Å². The van der Waals surface area contributed by atoms with Crippen LogP contribution in [0.2, 0.25) is 10.0 Å². The second-order valence-corrected chi connectivity index (χ2v) is 10.3. The third kappa shape index (κ3) is 5.43. The van der Waals surface area contributed by atoms with E-state index in [1.165, 1.54) is 40.7 Å². The zero-order valence-electron chi connectivity index (χ0n) is 17.7. The number of piperidine rings is 1.